The molecule has 1 aliphatic heterocycles. The van der Waals surface area contributed by atoms with E-state index in [4.69, 9.17) is 18.0 Å². The summed E-state index contributed by atoms with van der Waals surface area (Å²) in [4.78, 5) is 10.6. The SMILES string of the molecule is Nc1nccnc1CNC(=S)NCCN1CCCCC1. The number of thiocarbonyl (C=S) groups is 1. The van der Waals surface area contributed by atoms with Crippen LogP contribution < -0.4 is 16.4 Å². The molecule has 2 heterocycles. The second kappa shape index (κ2) is 7.96. The van der Waals surface area contributed by atoms with Crippen LogP contribution in [0.25, 0.3) is 0 Å². The normalized spacial score (nSPS) is 15.8. The van der Waals surface area contributed by atoms with Gasteiger partial charge in [-0.05, 0) is 38.1 Å². The minimum atomic E-state index is 0.441. The van der Waals surface area contributed by atoms with Crippen LogP contribution in [0.1, 0.15) is 25.0 Å². The molecule has 1 saturated heterocycles. The maximum absolute atomic E-state index is 5.72. The molecule has 1 aliphatic rings. The Balaban J connectivity index is 1.62. The quantitative estimate of drug-likeness (QED) is 0.683. The van der Waals surface area contributed by atoms with Gasteiger partial charge in [0.25, 0.3) is 0 Å². The van der Waals surface area contributed by atoms with E-state index in [2.05, 4.69) is 25.5 Å². The van der Waals surface area contributed by atoms with Gasteiger partial charge in [-0.2, -0.15) is 0 Å². The molecule has 4 N–H and O–H groups in total. The third kappa shape index (κ3) is 4.90. The highest BCUT2D eigenvalue weighted by Gasteiger charge is 2.09. The number of nitrogens with zero attached hydrogens (tertiary/aromatic N) is 3. The number of nitrogens with two attached hydrogens (primary N) is 1. The molecule has 0 radical (unpaired) electrons. The van der Waals surface area contributed by atoms with Gasteiger partial charge in [0.1, 0.15) is 11.5 Å². The summed E-state index contributed by atoms with van der Waals surface area (Å²) in [5.74, 6) is 0.441. The Hall–Kier alpha value is -1.47. The van der Waals surface area contributed by atoms with Gasteiger partial charge >= 0.3 is 0 Å². The Morgan fingerprint density at radius 2 is 1.95 bits per heavy atom. The topological polar surface area (TPSA) is 79.1 Å². The maximum Gasteiger partial charge on any atom is 0.166 e. The van der Waals surface area contributed by atoms with Crippen molar-refractivity contribution < 1.29 is 0 Å². The zero-order valence-corrected chi connectivity index (χ0v) is 12.5. The summed E-state index contributed by atoms with van der Waals surface area (Å²) in [6.07, 6.45) is 7.20. The van der Waals surface area contributed by atoms with Crippen molar-refractivity contribution in [2.24, 2.45) is 0 Å². The molecule has 0 atom stereocenters. The molecule has 0 spiro atoms. The van der Waals surface area contributed by atoms with Gasteiger partial charge in [0.2, 0.25) is 0 Å². The first kappa shape index (κ1) is 14.9. The highest BCUT2D eigenvalue weighted by molar-refractivity contribution is 7.80. The Morgan fingerprint density at radius 1 is 1.20 bits per heavy atom. The van der Waals surface area contributed by atoms with Crippen LogP contribution in [0.4, 0.5) is 5.82 Å². The smallest absolute Gasteiger partial charge is 0.166 e. The van der Waals surface area contributed by atoms with Crippen molar-refractivity contribution >= 4 is 23.1 Å². The summed E-state index contributed by atoms with van der Waals surface area (Å²) < 4.78 is 0. The number of nitrogen functional groups attached to an aromatic ring is 1. The van der Waals surface area contributed by atoms with Crippen LogP contribution in [0.2, 0.25) is 0 Å². The fraction of sp³-hybridized carbons (Fsp3) is 0.615. The molecule has 1 fully saturated rings. The van der Waals surface area contributed by atoms with Crippen LogP contribution in [0, 0.1) is 0 Å². The van der Waals surface area contributed by atoms with E-state index in [0.717, 1.165) is 13.1 Å². The van der Waals surface area contributed by atoms with Gasteiger partial charge in [-0.3, -0.25) is 4.98 Å². The standard InChI is InChI=1S/C13H22N6S/c14-12-11(15-4-5-16-12)10-18-13(20)17-6-9-19-7-2-1-3-8-19/h4-5H,1-3,6-10H2,(H2,14,16)(H2,17,18,20). The molecule has 0 aliphatic carbocycles. The molecule has 1 aromatic heterocycles. The van der Waals surface area contributed by atoms with E-state index in [1.807, 2.05) is 0 Å². The van der Waals surface area contributed by atoms with E-state index < -0.39 is 0 Å². The van der Waals surface area contributed by atoms with E-state index >= 15 is 0 Å². The first-order valence-corrected chi connectivity index (χ1v) is 7.46. The maximum atomic E-state index is 5.72. The minimum absolute atomic E-state index is 0.441. The lowest BCUT2D eigenvalue weighted by atomic mass is 10.1. The second-order valence-electron chi connectivity index (χ2n) is 4.90. The van der Waals surface area contributed by atoms with Crippen LogP contribution in [0.3, 0.4) is 0 Å². The predicted octanol–water partition coefficient (Wildman–Crippen LogP) is 0.509. The lowest BCUT2D eigenvalue weighted by Crippen LogP contribution is -2.41. The molecule has 0 aromatic carbocycles. The van der Waals surface area contributed by atoms with Gasteiger partial charge in [0.15, 0.2) is 5.11 Å². The molecule has 1 aromatic rings. The van der Waals surface area contributed by atoms with Gasteiger partial charge < -0.3 is 21.3 Å². The van der Waals surface area contributed by atoms with Crippen molar-refractivity contribution in [3.05, 3.63) is 18.1 Å². The van der Waals surface area contributed by atoms with E-state index in [-0.39, 0.29) is 0 Å². The molecular formula is C13H22N6S. The second-order valence-corrected chi connectivity index (χ2v) is 5.31. The van der Waals surface area contributed by atoms with Gasteiger partial charge in [0.05, 0.1) is 6.54 Å². The summed E-state index contributed by atoms with van der Waals surface area (Å²) in [6.45, 7) is 4.81. The molecule has 7 heteroatoms. The minimum Gasteiger partial charge on any atom is -0.382 e. The molecule has 2 rings (SSSR count). The summed E-state index contributed by atoms with van der Waals surface area (Å²) in [5.41, 5.74) is 6.44. The molecule has 0 amide bonds. The van der Waals surface area contributed by atoms with Crippen molar-refractivity contribution in [2.45, 2.75) is 25.8 Å². The zero-order chi connectivity index (χ0) is 14.2. The zero-order valence-electron chi connectivity index (χ0n) is 11.6. The number of hydrogen-bond acceptors (Lipinski definition) is 5. The fourth-order valence-corrected chi connectivity index (χ4v) is 2.43. The number of anilines is 1. The fourth-order valence-electron chi connectivity index (χ4n) is 2.25. The number of aromatic nitrogens is 2. The highest BCUT2D eigenvalue weighted by Crippen LogP contribution is 2.07. The average Bonchev–Trinajstić information content (AvgIpc) is 2.47. The van der Waals surface area contributed by atoms with Gasteiger partial charge in [-0.1, -0.05) is 6.42 Å². The lowest BCUT2D eigenvalue weighted by molar-refractivity contribution is 0.232. The Bertz CT molecular complexity index is 433. The van der Waals surface area contributed by atoms with Crippen molar-refractivity contribution in [1.82, 2.24) is 25.5 Å². The summed E-state index contributed by atoms with van der Waals surface area (Å²) in [5, 5.41) is 6.94. The lowest BCUT2D eigenvalue weighted by Gasteiger charge is -2.26. The van der Waals surface area contributed by atoms with Crippen molar-refractivity contribution in [2.75, 3.05) is 31.9 Å². The van der Waals surface area contributed by atoms with Crippen LogP contribution in [-0.2, 0) is 6.54 Å². The molecule has 110 valence electrons. The van der Waals surface area contributed by atoms with E-state index in [1.165, 1.54) is 32.4 Å². The van der Waals surface area contributed by atoms with Crippen molar-refractivity contribution in [3.63, 3.8) is 0 Å². The van der Waals surface area contributed by atoms with Gasteiger partial charge in [0, 0.05) is 25.5 Å². The van der Waals surface area contributed by atoms with Crippen LogP contribution in [0.5, 0.6) is 0 Å². The molecule has 6 nitrogen and oxygen atoms in total. The van der Waals surface area contributed by atoms with Gasteiger partial charge in [-0.15, -0.1) is 0 Å². The van der Waals surface area contributed by atoms with Crippen LogP contribution in [0.15, 0.2) is 12.4 Å². The monoisotopic (exact) mass is 294 g/mol. The number of rotatable bonds is 5. The van der Waals surface area contributed by atoms with Gasteiger partial charge in [-0.25, -0.2) is 4.98 Å². The van der Waals surface area contributed by atoms with E-state index in [0.29, 0.717) is 23.2 Å². The number of hydrogen-bond donors (Lipinski definition) is 3. The van der Waals surface area contributed by atoms with E-state index in [1.54, 1.807) is 12.4 Å². The summed E-state index contributed by atoms with van der Waals surface area (Å²) in [7, 11) is 0. The first-order valence-electron chi connectivity index (χ1n) is 7.05. The molecule has 0 unspecified atom stereocenters. The highest BCUT2D eigenvalue weighted by atomic mass is 32.1. The van der Waals surface area contributed by atoms with Crippen molar-refractivity contribution in [1.29, 1.82) is 0 Å². The van der Waals surface area contributed by atoms with Crippen LogP contribution >= 0.6 is 12.2 Å². The summed E-state index contributed by atoms with van der Waals surface area (Å²) >= 11 is 5.23. The number of piperidine rings is 1. The number of nitrogens with one attached hydrogen (secondary N) is 2. The molecule has 20 heavy (non-hydrogen) atoms. The predicted molar refractivity (Wildman–Crippen MR) is 84.2 cm³/mol. The Labute approximate surface area is 125 Å². The molecular weight excluding hydrogens is 272 g/mol. The first-order chi connectivity index (χ1) is 9.75. The Morgan fingerprint density at radius 3 is 2.70 bits per heavy atom. The number of likely N-dealkylation sites (tertiary alicyclic amines) is 1. The van der Waals surface area contributed by atoms with Crippen LogP contribution in [-0.4, -0.2) is 46.2 Å². The third-order valence-corrected chi connectivity index (χ3v) is 3.67. The molecule has 0 bridgehead atoms. The van der Waals surface area contributed by atoms with Crippen molar-refractivity contribution in [3.8, 4) is 0 Å². The Kier molecular flexibility index (Phi) is 5.94. The largest absolute Gasteiger partial charge is 0.382 e. The summed E-state index contributed by atoms with van der Waals surface area (Å²) in [6, 6.07) is 0. The molecule has 0 saturated carbocycles. The average molecular weight is 294 g/mol. The van der Waals surface area contributed by atoms with E-state index in [9.17, 15) is 0 Å². The third-order valence-electron chi connectivity index (χ3n) is 3.38.